The van der Waals surface area contributed by atoms with E-state index in [4.69, 9.17) is 0 Å². The molecule has 68 valence electrons. The molecule has 13 heavy (non-hydrogen) atoms. The second kappa shape index (κ2) is 3.29. The maximum absolute atomic E-state index is 11.1. The number of allylic oxidation sites excluding steroid dienone is 4. The van der Waals surface area contributed by atoms with Crippen molar-refractivity contribution < 1.29 is 9.59 Å². The number of ketones is 2. The highest BCUT2D eigenvalue weighted by Crippen LogP contribution is 2.29. The van der Waals surface area contributed by atoms with Crippen molar-refractivity contribution in [2.75, 3.05) is 0 Å². The molecule has 0 saturated heterocycles. The third-order valence-corrected chi connectivity index (χ3v) is 2.66. The summed E-state index contributed by atoms with van der Waals surface area (Å²) in [6.07, 6.45) is 8.48. The SMILES string of the molecule is O=C1C=C2CCCCCC2=CC1=O. The molecule has 2 rings (SSSR count). The lowest BCUT2D eigenvalue weighted by molar-refractivity contribution is -0.131. The molecule has 0 bridgehead atoms. The van der Waals surface area contributed by atoms with Gasteiger partial charge >= 0.3 is 0 Å². The van der Waals surface area contributed by atoms with Gasteiger partial charge < -0.3 is 0 Å². The predicted octanol–water partition coefficient (Wildman–Crippen LogP) is 1.96. The van der Waals surface area contributed by atoms with E-state index in [1.807, 2.05) is 0 Å². The first kappa shape index (κ1) is 8.42. The highest BCUT2D eigenvalue weighted by atomic mass is 16.2. The lowest BCUT2D eigenvalue weighted by Gasteiger charge is -2.10. The second-order valence-electron chi connectivity index (χ2n) is 3.63. The Morgan fingerprint density at radius 1 is 0.769 bits per heavy atom. The van der Waals surface area contributed by atoms with Crippen LogP contribution < -0.4 is 0 Å². The zero-order valence-electron chi connectivity index (χ0n) is 7.51. The zero-order valence-corrected chi connectivity index (χ0v) is 7.51. The highest BCUT2D eigenvalue weighted by Gasteiger charge is 2.20. The Bertz CT molecular complexity index is 289. The van der Waals surface area contributed by atoms with Crippen molar-refractivity contribution >= 4 is 11.6 Å². The van der Waals surface area contributed by atoms with Gasteiger partial charge in [0.05, 0.1) is 0 Å². The lowest BCUT2D eigenvalue weighted by atomic mass is 9.93. The third-order valence-electron chi connectivity index (χ3n) is 2.66. The standard InChI is InChI=1S/C11H12O2/c12-10-6-8-4-2-1-3-5-9(8)7-11(10)13/h6-7H,1-5H2. The molecule has 0 spiro atoms. The van der Waals surface area contributed by atoms with Crippen LogP contribution in [0.4, 0.5) is 0 Å². The number of carbonyl (C=O) groups is 2. The van der Waals surface area contributed by atoms with Crippen LogP contribution in [0.1, 0.15) is 32.1 Å². The minimum Gasteiger partial charge on any atom is -0.286 e. The molecule has 0 atom stereocenters. The summed E-state index contributed by atoms with van der Waals surface area (Å²) in [5.41, 5.74) is 2.20. The summed E-state index contributed by atoms with van der Waals surface area (Å²) in [5, 5.41) is 0. The van der Waals surface area contributed by atoms with E-state index in [-0.39, 0.29) is 11.6 Å². The molecular weight excluding hydrogens is 164 g/mol. The first-order chi connectivity index (χ1) is 6.27. The van der Waals surface area contributed by atoms with Crippen molar-refractivity contribution in [1.29, 1.82) is 0 Å². The van der Waals surface area contributed by atoms with Gasteiger partial charge in [-0.25, -0.2) is 0 Å². The van der Waals surface area contributed by atoms with E-state index in [1.54, 1.807) is 0 Å². The fourth-order valence-electron chi connectivity index (χ4n) is 1.92. The van der Waals surface area contributed by atoms with E-state index in [0.29, 0.717) is 0 Å². The minimum absolute atomic E-state index is 0.347. The number of hydrogen-bond acceptors (Lipinski definition) is 2. The monoisotopic (exact) mass is 176 g/mol. The Labute approximate surface area is 77.3 Å². The molecule has 0 unspecified atom stereocenters. The molecule has 0 aromatic carbocycles. The van der Waals surface area contributed by atoms with Crippen molar-refractivity contribution in [2.45, 2.75) is 32.1 Å². The van der Waals surface area contributed by atoms with E-state index in [0.717, 1.165) is 36.8 Å². The second-order valence-corrected chi connectivity index (χ2v) is 3.63. The number of carbonyl (C=O) groups excluding carboxylic acids is 2. The molecule has 2 aliphatic carbocycles. The largest absolute Gasteiger partial charge is 0.286 e. The summed E-state index contributed by atoms with van der Waals surface area (Å²) in [5.74, 6) is -0.693. The van der Waals surface area contributed by atoms with E-state index < -0.39 is 0 Å². The van der Waals surface area contributed by atoms with Gasteiger partial charge in [0.15, 0.2) is 0 Å². The normalized spacial score (nSPS) is 23.1. The van der Waals surface area contributed by atoms with E-state index in [9.17, 15) is 9.59 Å². The Kier molecular flexibility index (Phi) is 2.13. The van der Waals surface area contributed by atoms with Gasteiger partial charge in [-0.1, -0.05) is 6.42 Å². The van der Waals surface area contributed by atoms with E-state index in [1.165, 1.54) is 18.6 Å². The van der Waals surface area contributed by atoms with Crippen molar-refractivity contribution in [3.8, 4) is 0 Å². The smallest absolute Gasteiger partial charge is 0.225 e. The molecule has 2 heteroatoms. The summed E-state index contributed by atoms with van der Waals surface area (Å²) < 4.78 is 0. The van der Waals surface area contributed by atoms with Crippen LogP contribution in [0.15, 0.2) is 23.3 Å². The summed E-state index contributed by atoms with van der Waals surface area (Å²) in [7, 11) is 0. The Hall–Kier alpha value is -1.18. The first-order valence-corrected chi connectivity index (χ1v) is 4.77. The van der Waals surface area contributed by atoms with Crippen LogP contribution in [0.2, 0.25) is 0 Å². The van der Waals surface area contributed by atoms with Crippen LogP contribution in [0.5, 0.6) is 0 Å². The minimum atomic E-state index is -0.347. The zero-order chi connectivity index (χ0) is 9.26. The summed E-state index contributed by atoms with van der Waals surface area (Å²) in [6, 6.07) is 0. The van der Waals surface area contributed by atoms with Gasteiger partial charge in [0.2, 0.25) is 11.6 Å². The molecule has 0 aliphatic heterocycles. The molecule has 0 radical (unpaired) electrons. The highest BCUT2D eigenvalue weighted by molar-refractivity contribution is 6.46. The number of hydrogen-bond donors (Lipinski definition) is 0. The van der Waals surface area contributed by atoms with Crippen molar-refractivity contribution in [2.24, 2.45) is 0 Å². The molecule has 0 aromatic rings. The van der Waals surface area contributed by atoms with Crippen LogP contribution >= 0.6 is 0 Å². The van der Waals surface area contributed by atoms with Crippen molar-refractivity contribution in [3.63, 3.8) is 0 Å². The third kappa shape index (κ3) is 1.62. The van der Waals surface area contributed by atoms with Crippen LogP contribution in [-0.2, 0) is 9.59 Å². The van der Waals surface area contributed by atoms with Gasteiger partial charge in [-0.15, -0.1) is 0 Å². The first-order valence-electron chi connectivity index (χ1n) is 4.77. The Balaban J connectivity index is 2.32. The van der Waals surface area contributed by atoms with Crippen LogP contribution in [0.25, 0.3) is 0 Å². The van der Waals surface area contributed by atoms with Crippen LogP contribution in [0.3, 0.4) is 0 Å². The molecule has 2 nitrogen and oxygen atoms in total. The summed E-state index contributed by atoms with van der Waals surface area (Å²) >= 11 is 0. The van der Waals surface area contributed by atoms with Gasteiger partial charge in [0, 0.05) is 0 Å². The van der Waals surface area contributed by atoms with Gasteiger partial charge in [-0.3, -0.25) is 9.59 Å². The topological polar surface area (TPSA) is 34.1 Å². The average Bonchev–Trinajstić information content (AvgIpc) is 2.31. The van der Waals surface area contributed by atoms with Crippen molar-refractivity contribution in [3.05, 3.63) is 23.3 Å². The number of fused-ring (bicyclic) bond motifs is 1. The van der Waals surface area contributed by atoms with Gasteiger partial charge in [-0.05, 0) is 49.0 Å². The molecule has 0 N–H and O–H groups in total. The van der Waals surface area contributed by atoms with Crippen LogP contribution in [-0.4, -0.2) is 11.6 Å². The number of rotatable bonds is 0. The van der Waals surface area contributed by atoms with Crippen LogP contribution in [0, 0.1) is 0 Å². The fourth-order valence-corrected chi connectivity index (χ4v) is 1.92. The molecule has 0 heterocycles. The molecule has 0 aromatic heterocycles. The molecule has 0 amide bonds. The quantitative estimate of drug-likeness (QED) is 0.417. The molecule has 2 aliphatic rings. The average molecular weight is 176 g/mol. The maximum atomic E-state index is 11.1. The Morgan fingerprint density at radius 3 is 1.69 bits per heavy atom. The summed E-state index contributed by atoms with van der Waals surface area (Å²) in [4.78, 5) is 22.2. The lowest BCUT2D eigenvalue weighted by Crippen LogP contribution is -2.14. The fraction of sp³-hybridized carbons (Fsp3) is 0.455. The predicted molar refractivity (Wildman–Crippen MR) is 49.3 cm³/mol. The maximum Gasteiger partial charge on any atom is 0.225 e. The summed E-state index contributed by atoms with van der Waals surface area (Å²) in [6.45, 7) is 0. The van der Waals surface area contributed by atoms with E-state index in [2.05, 4.69) is 0 Å². The van der Waals surface area contributed by atoms with Gasteiger partial charge in [0.1, 0.15) is 0 Å². The Morgan fingerprint density at radius 2 is 1.23 bits per heavy atom. The van der Waals surface area contributed by atoms with Gasteiger partial charge in [0.25, 0.3) is 0 Å². The molecular formula is C11H12O2. The van der Waals surface area contributed by atoms with E-state index >= 15 is 0 Å². The molecule has 1 fully saturated rings. The van der Waals surface area contributed by atoms with Crippen molar-refractivity contribution in [1.82, 2.24) is 0 Å². The molecule has 1 saturated carbocycles. The van der Waals surface area contributed by atoms with Gasteiger partial charge in [-0.2, -0.15) is 0 Å².